The lowest BCUT2D eigenvalue weighted by Gasteiger charge is -2.14. The molecule has 1 aliphatic heterocycles. The number of rotatable bonds is 3. The van der Waals surface area contributed by atoms with Crippen LogP contribution in [0.4, 0.5) is 10.5 Å². The molecule has 0 atom stereocenters. The first-order valence-corrected chi connectivity index (χ1v) is 7.01. The number of nitrogens with one attached hydrogen (secondary N) is 1. The Labute approximate surface area is 126 Å². The Morgan fingerprint density at radius 2 is 2.05 bits per heavy atom. The van der Waals surface area contributed by atoms with Crippen molar-refractivity contribution in [2.45, 2.75) is 6.54 Å². The Hall–Kier alpha value is -3.02. The topological polar surface area (TPSA) is 59.4 Å². The second-order valence-electron chi connectivity index (χ2n) is 5.13. The zero-order chi connectivity index (χ0) is 14.9. The molecule has 0 aliphatic carbocycles. The van der Waals surface area contributed by atoms with Gasteiger partial charge in [0, 0.05) is 25.1 Å². The van der Waals surface area contributed by atoms with Gasteiger partial charge < -0.3 is 9.40 Å². The Morgan fingerprint density at radius 3 is 2.82 bits per heavy atom. The van der Waals surface area contributed by atoms with E-state index in [-0.39, 0.29) is 0 Å². The van der Waals surface area contributed by atoms with Gasteiger partial charge in [-0.15, -0.1) is 0 Å². The summed E-state index contributed by atoms with van der Waals surface area (Å²) in [6.45, 7) is 1.13. The molecule has 6 heteroatoms. The number of hydrogen-bond donors (Lipinski definition) is 1. The highest BCUT2D eigenvalue weighted by Crippen LogP contribution is 2.25. The third-order valence-electron chi connectivity index (χ3n) is 3.71. The summed E-state index contributed by atoms with van der Waals surface area (Å²) >= 11 is 0. The number of nitrogens with zero attached hydrogens (tertiary/aromatic N) is 3. The summed E-state index contributed by atoms with van der Waals surface area (Å²) in [5.74, 6) is 0. The number of pyridine rings is 1. The van der Waals surface area contributed by atoms with Gasteiger partial charge in [-0.2, -0.15) is 5.06 Å². The number of carbonyl (C=O) groups excluding carboxylic acids is 1. The summed E-state index contributed by atoms with van der Waals surface area (Å²) in [6.07, 6.45) is 5.22. The highest BCUT2D eigenvalue weighted by Gasteiger charge is 2.21. The van der Waals surface area contributed by atoms with Crippen LogP contribution in [0.3, 0.4) is 0 Å². The fourth-order valence-corrected chi connectivity index (χ4v) is 2.60. The molecule has 1 fully saturated rings. The Morgan fingerprint density at radius 1 is 1.18 bits per heavy atom. The van der Waals surface area contributed by atoms with Crippen LogP contribution in [0.15, 0.2) is 55.0 Å². The van der Waals surface area contributed by atoms with Gasteiger partial charge in [0.15, 0.2) is 0 Å². The van der Waals surface area contributed by atoms with Crippen LogP contribution in [0.5, 0.6) is 0 Å². The average Bonchev–Trinajstić information content (AvgIpc) is 3.15. The lowest BCUT2D eigenvalue weighted by Crippen LogP contribution is -2.19. The molecule has 4 rings (SSSR count). The van der Waals surface area contributed by atoms with Crippen LogP contribution in [0, 0.1) is 0 Å². The van der Waals surface area contributed by atoms with Gasteiger partial charge in [-0.3, -0.25) is 10.3 Å². The highest BCUT2D eigenvalue weighted by atomic mass is 16.7. The van der Waals surface area contributed by atoms with Crippen LogP contribution in [-0.2, 0) is 11.4 Å². The van der Waals surface area contributed by atoms with E-state index in [1.165, 1.54) is 5.56 Å². The first-order valence-electron chi connectivity index (χ1n) is 7.01. The van der Waals surface area contributed by atoms with Crippen molar-refractivity contribution < 1.29 is 9.63 Å². The SMILES string of the molecule is O=C1NCN(c2ccc3ccn(Cc4ccncc4)c3c2)O1. The number of amides is 1. The van der Waals surface area contributed by atoms with Crippen molar-refractivity contribution in [3.8, 4) is 0 Å². The summed E-state index contributed by atoms with van der Waals surface area (Å²) in [6, 6.07) is 12.1. The molecule has 1 aromatic carbocycles. The van der Waals surface area contributed by atoms with E-state index in [2.05, 4.69) is 27.1 Å². The van der Waals surface area contributed by atoms with E-state index >= 15 is 0 Å². The van der Waals surface area contributed by atoms with Crippen LogP contribution >= 0.6 is 0 Å². The van der Waals surface area contributed by atoms with E-state index in [1.807, 2.05) is 30.3 Å². The van der Waals surface area contributed by atoms with Crippen LogP contribution in [0.2, 0.25) is 0 Å². The summed E-state index contributed by atoms with van der Waals surface area (Å²) in [4.78, 5) is 20.3. The van der Waals surface area contributed by atoms with Crippen molar-refractivity contribution in [1.29, 1.82) is 0 Å². The van der Waals surface area contributed by atoms with Crippen molar-refractivity contribution in [1.82, 2.24) is 14.9 Å². The Bertz CT molecular complexity index is 829. The fraction of sp³-hybridized carbons (Fsp3) is 0.125. The number of hydrogen-bond acceptors (Lipinski definition) is 4. The molecular weight excluding hydrogens is 280 g/mol. The van der Waals surface area contributed by atoms with E-state index < -0.39 is 6.09 Å². The molecule has 1 aliphatic rings. The average molecular weight is 294 g/mol. The lowest BCUT2D eigenvalue weighted by atomic mass is 10.2. The van der Waals surface area contributed by atoms with Gasteiger partial charge in [0.25, 0.3) is 0 Å². The first-order chi connectivity index (χ1) is 10.8. The maximum atomic E-state index is 11.2. The third kappa shape index (κ3) is 2.24. The first kappa shape index (κ1) is 12.7. The smallest absolute Gasteiger partial charge is 0.343 e. The van der Waals surface area contributed by atoms with Crippen molar-refractivity contribution in [3.63, 3.8) is 0 Å². The minimum absolute atomic E-state index is 0.357. The molecule has 1 amide bonds. The van der Waals surface area contributed by atoms with E-state index in [1.54, 1.807) is 17.5 Å². The summed E-state index contributed by atoms with van der Waals surface area (Å²) in [5.41, 5.74) is 3.13. The van der Waals surface area contributed by atoms with Gasteiger partial charge in [0.2, 0.25) is 0 Å². The molecule has 22 heavy (non-hydrogen) atoms. The van der Waals surface area contributed by atoms with Gasteiger partial charge >= 0.3 is 6.09 Å². The summed E-state index contributed by atoms with van der Waals surface area (Å²) in [5, 5.41) is 5.31. The third-order valence-corrected chi connectivity index (χ3v) is 3.71. The highest BCUT2D eigenvalue weighted by molar-refractivity contribution is 5.84. The van der Waals surface area contributed by atoms with Gasteiger partial charge in [-0.05, 0) is 41.3 Å². The van der Waals surface area contributed by atoms with Crippen molar-refractivity contribution in [2.75, 3.05) is 11.7 Å². The van der Waals surface area contributed by atoms with Crippen LogP contribution in [-0.4, -0.2) is 22.3 Å². The predicted molar refractivity (Wildman–Crippen MR) is 82.2 cm³/mol. The number of anilines is 1. The quantitative estimate of drug-likeness (QED) is 0.806. The zero-order valence-electron chi connectivity index (χ0n) is 11.8. The Balaban J connectivity index is 1.69. The molecule has 3 aromatic rings. The monoisotopic (exact) mass is 294 g/mol. The van der Waals surface area contributed by atoms with Crippen LogP contribution in [0.25, 0.3) is 10.9 Å². The molecule has 1 N–H and O–H groups in total. The van der Waals surface area contributed by atoms with E-state index in [9.17, 15) is 4.79 Å². The number of carbonyl (C=O) groups is 1. The largest absolute Gasteiger partial charge is 0.433 e. The molecule has 3 heterocycles. The maximum absolute atomic E-state index is 11.2. The second kappa shape index (κ2) is 5.07. The van der Waals surface area contributed by atoms with Gasteiger partial charge in [-0.25, -0.2) is 4.79 Å². The van der Waals surface area contributed by atoms with Crippen LogP contribution in [0.1, 0.15) is 5.56 Å². The van der Waals surface area contributed by atoms with E-state index in [0.29, 0.717) is 6.67 Å². The minimum Gasteiger partial charge on any atom is -0.343 e. The second-order valence-corrected chi connectivity index (χ2v) is 5.13. The molecule has 0 radical (unpaired) electrons. The number of hydroxylamine groups is 1. The van der Waals surface area contributed by atoms with Gasteiger partial charge in [0.1, 0.15) is 6.67 Å². The molecule has 110 valence electrons. The Kier molecular flexibility index (Phi) is 2.93. The van der Waals surface area contributed by atoms with Crippen molar-refractivity contribution >= 4 is 22.7 Å². The fourth-order valence-electron chi connectivity index (χ4n) is 2.60. The van der Waals surface area contributed by atoms with Gasteiger partial charge in [-0.1, -0.05) is 6.07 Å². The maximum Gasteiger partial charge on any atom is 0.433 e. The van der Waals surface area contributed by atoms with Gasteiger partial charge in [0.05, 0.1) is 11.2 Å². The molecule has 0 unspecified atom stereocenters. The predicted octanol–water partition coefficient (Wildman–Crippen LogP) is 2.50. The summed E-state index contributed by atoms with van der Waals surface area (Å²) < 4.78 is 2.17. The number of aromatic nitrogens is 2. The molecule has 6 nitrogen and oxygen atoms in total. The molecular formula is C16H14N4O2. The normalized spacial score (nSPS) is 14.2. The van der Waals surface area contributed by atoms with Crippen molar-refractivity contribution in [2.24, 2.45) is 0 Å². The lowest BCUT2D eigenvalue weighted by molar-refractivity contribution is 0.166. The molecule has 0 bridgehead atoms. The van der Waals surface area contributed by atoms with Crippen molar-refractivity contribution in [3.05, 3.63) is 60.6 Å². The van der Waals surface area contributed by atoms with Crippen LogP contribution < -0.4 is 10.4 Å². The molecule has 1 saturated heterocycles. The van der Waals surface area contributed by atoms with E-state index in [4.69, 9.17) is 4.84 Å². The van der Waals surface area contributed by atoms with E-state index in [0.717, 1.165) is 23.1 Å². The minimum atomic E-state index is -0.424. The standard InChI is InChI=1S/C16H14N4O2/c21-16-18-11-20(22-16)14-2-1-13-5-8-19(15(13)9-14)10-12-3-6-17-7-4-12/h1-9H,10-11H2,(H,18,21). The molecule has 0 spiro atoms. The summed E-state index contributed by atoms with van der Waals surface area (Å²) in [7, 11) is 0. The number of benzene rings is 1. The zero-order valence-corrected chi connectivity index (χ0v) is 11.8. The molecule has 2 aromatic heterocycles. The molecule has 0 saturated carbocycles. The number of fused-ring (bicyclic) bond motifs is 1.